The normalized spacial score (nSPS) is 10.5. The van der Waals surface area contributed by atoms with E-state index in [1.165, 1.54) is 10.6 Å². The number of pyridine rings is 1. The van der Waals surface area contributed by atoms with Crippen LogP contribution in [0.4, 0.5) is 5.88 Å². The lowest BCUT2D eigenvalue weighted by Gasteiger charge is -1.99. The maximum atomic E-state index is 11.4. The van der Waals surface area contributed by atoms with Crippen LogP contribution in [0.3, 0.4) is 0 Å². The van der Waals surface area contributed by atoms with Crippen LogP contribution < -0.4 is 11.3 Å². The van der Waals surface area contributed by atoms with E-state index in [0.717, 1.165) is 11.1 Å². The number of hydrogen-bond acceptors (Lipinski definition) is 4. The van der Waals surface area contributed by atoms with Crippen molar-refractivity contribution in [2.45, 2.75) is 6.92 Å². The summed E-state index contributed by atoms with van der Waals surface area (Å²) < 4.78 is 6.33. The predicted octanol–water partition coefficient (Wildman–Crippen LogP) is 0.931. The van der Waals surface area contributed by atoms with Crippen molar-refractivity contribution in [1.82, 2.24) is 9.72 Å². The summed E-state index contributed by atoms with van der Waals surface area (Å²) in [6, 6.07) is 3.30. The smallest absolute Gasteiger partial charge is 0.250 e. The summed E-state index contributed by atoms with van der Waals surface area (Å²) in [6.45, 7) is 1.80. The molecule has 0 aliphatic carbocycles. The predicted molar refractivity (Wildman–Crippen MR) is 56.3 cm³/mol. The molecule has 0 aliphatic heterocycles. The number of nitrogen functional groups attached to an aromatic ring is 1. The highest BCUT2D eigenvalue weighted by Gasteiger charge is 2.11. The SMILES string of the molecule is Cc1c(-c2ccn(C)c(=O)c2)noc1N. The molecule has 0 saturated carbocycles. The fourth-order valence-corrected chi connectivity index (χ4v) is 1.31. The molecular formula is C10H11N3O2. The molecule has 0 spiro atoms. The lowest BCUT2D eigenvalue weighted by molar-refractivity contribution is 0.439. The van der Waals surface area contributed by atoms with Crippen LogP contribution in [-0.4, -0.2) is 9.72 Å². The number of anilines is 1. The van der Waals surface area contributed by atoms with Crippen LogP contribution in [0.2, 0.25) is 0 Å². The minimum absolute atomic E-state index is 0.0894. The van der Waals surface area contributed by atoms with Crippen molar-refractivity contribution in [3.8, 4) is 11.3 Å². The van der Waals surface area contributed by atoms with Gasteiger partial charge in [0.25, 0.3) is 5.56 Å². The van der Waals surface area contributed by atoms with Gasteiger partial charge in [-0.25, -0.2) is 0 Å². The Hall–Kier alpha value is -2.04. The molecule has 0 bridgehead atoms. The van der Waals surface area contributed by atoms with E-state index >= 15 is 0 Å². The van der Waals surface area contributed by atoms with Gasteiger partial charge in [0.05, 0.1) is 0 Å². The molecule has 0 aliphatic rings. The third-order valence-electron chi connectivity index (χ3n) is 2.34. The number of nitrogens with zero attached hydrogens (tertiary/aromatic N) is 2. The van der Waals surface area contributed by atoms with Crippen LogP contribution in [0, 0.1) is 6.92 Å². The van der Waals surface area contributed by atoms with E-state index in [9.17, 15) is 4.79 Å². The van der Waals surface area contributed by atoms with Gasteiger partial charge in [0.2, 0.25) is 5.88 Å². The van der Waals surface area contributed by atoms with Gasteiger partial charge in [-0.05, 0) is 13.0 Å². The first-order chi connectivity index (χ1) is 7.09. The maximum absolute atomic E-state index is 11.4. The Bertz CT molecular complexity index is 554. The second-order valence-corrected chi connectivity index (χ2v) is 3.38. The van der Waals surface area contributed by atoms with Crippen molar-refractivity contribution in [2.24, 2.45) is 7.05 Å². The Labute approximate surface area is 86.1 Å². The molecule has 0 aromatic carbocycles. The number of hydrogen-bond donors (Lipinski definition) is 1. The zero-order valence-corrected chi connectivity index (χ0v) is 8.52. The molecule has 0 saturated heterocycles. The molecule has 5 heteroatoms. The molecule has 0 unspecified atom stereocenters. The summed E-state index contributed by atoms with van der Waals surface area (Å²) in [5, 5.41) is 3.81. The summed E-state index contributed by atoms with van der Waals surface area (Å²) in [5.74, 6) is 0.283. The molecule has 0 fully saturated rings. The average molecular weight is 205 g/mol. The zero-order chi connectivity index (χ0) is 11.0. The van der Waals surface area contributed by atoms with Crippen molar-refractivity contribution in [3.63, 3.8) is 0 Å². The third-order valence-corrected chi connectivity index (χ3v) is 2.34. The molecule has 15 heavy (non-hydrogen) atoms. The van der Waals surface area contributed by atoms with E-state index in [4.69, 9.17) is 10.3 Å². The molecule has 0 radical (unpaired) electrons. The van der Waals surface area contributed by atoms with Gasteiger partial charge in [0, 0.05) is 30.4 Å². The minimum Gasteiger partial charge on any atom is -0.367 e. The van der Waals surface area contributed by atoms with Gasteiger partial charge >= 0.3 is 0 Å². The summed E-state index contributed by atoms with van der Waals surface area (Å²) in [7, 11) is 1.69. The number of nitrogens with two attached hydrogens (primary N) is 1. The van der Waals surface area contributed by atoms with E-state index in [1.807, 2.05) is 0 Å². The van der Waals surface area contributed by atoms with Gasteiger partial charge in [-0.3, -0.25) is 4.79 Å². The van der Waals surface area contributed by atoms with Gasteiger partial charge in [-0.1, -0.05) is 5.16 Å². The van der Waals surface area contributed by atoms with E-state index < -0.39 is 0 Å². The van der Waals surface area contributed by atoms with Crippen LogP contribution in [0.1, 0.15) is 5.56 Å². The van der Waals surface area contributed by atoms with Crippen LogP contribution in [0.25, 0.3) is 11.3 Å². The van der Waals surface area contributed by atoms with Crippen LogP contribution in [-0.2, 0) is 7.05 Å². The van der Waals surface area contributed by atoms with Crippen LogP contribution >= 0.6 is 0 Å². The molecule has 2 N–H and O–H groups in total. The first-order valence-electron chi connectivity index (χ1n) is 4.48. The van der Waals surface area contributed by atoms with Crippen LogP contribution in [0.15, 0.2) is 27.6 Å². The van der Waals surface area contributed by atoms with E-state index in [0.29, 0.717) is 5.69 Å². The van der Waals surface area contributed by atoms with Crippen molar-refractivity contribution in [2.75, 3.05) is 5.73 Å². The topological polar surface area (TPSA) is 74.0 Å². The number of rotatable bonds is 1. The molecule has 0 amide bonds. The van der Waals surface area contributed by atoms with Crippen LogP contribution in [0.5, 0.6) is 0 Å². The summed E-state index contributed by atoms with van der Waals surface area (Å²) >= 11 is 0. The number of aromatic nitrogens is 2. The third kappa shape index (κ3) is 1.52. The molecule has 2 aromatic rings. The Morgan fingerprint density at radius 3 is 2.80 bits per heavy atom. The Balaban J connectivity index is 2.60. The van der Waals surface area contributed by atoms with Gasteiger partial charge in [0.1, 0.15) is 5.69 Å². The lowest BCUT2D eigenvalue weighted by atomic mass is 10.1. The van der Waals surface area contributed by atoms with Gasteiger partial charge < -0.3 is 14.8 Å². The molecular weight excluding hydrogens is 194 g/mol. The highest BCUT2D eigenvalue weighted by Crippen LogP contribution is 2.24. The second kappa shape index (κ2) is 3.27. The van der Waals surface area contributed by atoms with E-state index in [-0.39, 0.29) is 11.4 Å². The Kier molecular flexibility index (Phi) is 2.07. The average Bonchev–Trinajstić information content (AvgIpc) is 2.53. The Morgan fingerprint density at radius 2 is 2.27 bits per heavy atom. The standard InChI is InChI=1S/C10H11N3O2/c1-6-9(12-15-10(6)11)7-3-4-13(2)8(14)5-7/h3-5H,11H2,1-2H3. The minimum atomic E-state index is -0.0894. The highest BCUT2D eigenvalue weighted by atomic mass is 16.5. The van der Waals surface area contributed by atoms with E-state index in [1.54, 1.807) is 26.2 Å². The fourth-order valence-electron chi connectivity index (χ4n) is 1.31. The number of aryl methyl sites for hydroxylation is 1. The van der Waals surface area contributed by atoms with Crippen molar-refractivity contribution < 1.29 is 4.52 Å². The summed E-state index contributed by atoms with van der Waals surface area (Å²) in [5.41, 5.74) is 7.53. The molecule has 2 aromatic heterocycles. The molecule has 2 heterocycles. The highest BCUT2D eigenvalue weighted by molar-refractivity contribution is 5.65. The molecule has 78 valence electrons. The first kappa shape index (κ1) is 9.51. The van der Waals surface area contributed by atoms with Crippen molar-refractivity contribution in [3.05, 3.63) is 34.2 Å². The molecule has 5 nitrogen and oxygen atoms in total. The monoisotopic (exact) mass is 205 g/mol. The fraction of sp³-hybridized carbons (Fsp3) is 0.200. The molecule has 2 rings (SSSR count). The van der Waals surface area contributed by atoms with Gasteiger partial charge in [-0.2, -0.15) is 0 Å². The summed E-state index contributed by atoms with van der Waals surface area (Å²) in [6.07, 6.45) is 1.68. The van der Waals surface area contributed by atoms with Gasteiger partial charge in [0.15, 0.2) is 0 Å². The maximum Gasteiger partial charge on any atom is 0.250 e. The first-order valence-corrected chi connectivity index (χ1v) is 4.48. The lowest BCUT2D eigenvalue weighted by Crippen LogP contribution is -2.14. The zero-order valence-electron chi connectivity index (χ0n) is 8.52. The summed E-state index contributed by atoms with van der Waals surface area (Å²) in [4.78, 5) is 11.4. The quantitative estimate of drug-likeness (QED) is 0.751. The molecule has 0 atom stereocenters. The Morgan fingerprint density at radius 1 is 1.53 bits per heavy atom. The largest absolute Gasteiger partial charge is 0.367 e. The van der Waals surface area contributed by atoms with Crippen molar-refractivity contribution >= 4 is 5.88 Å². The van der Waals surface area contributed by atoms with Gasteiger partial charge in [-0.15, -0.1) is 0 Å². The second-order valence-electron chi connectivity index (χ2n) is 3.38. The van der Waals surface area contributed by atoms with E-state index in [2.05, 4.69) is 5.16 Å². The van der Waals surface area contributed by atoms with Crippen molar-refractivity contribution in [1.29, 1.82) is 0 Å².